The van der Waals surface area contributed by atoms with Crippen molar-refractivity contribution in [3.8, 4) is 0 Å². The molecule has 5 rings (SSSR count). The quantitative estimate of drug-likeness (QED) is 0.782. The zero-order valence-corrected chi connectivity index (χ0v) is 18.3. The van der Waals surface area contributed by atoms with E-state index >= 15 is 0 Å². The van der Waals surface area contributed by atoms with Crippen molar-refractivity contribution in [1.82, 2.24) is 14.8 Å². The van der Waals surface area contributed by atoms with E-state index < -0.39 is 0 Å². The first-order valence-corrected chi connectivity index (χ1v) is 11.7. The van der Waals surface area contributed by atoms with Crippen molar-refractivity contribution in [2.75, 3.05) is 31.5 Å². The van der Waals surface area contributed by atoms with E-state index in [-0.39, 0.29) is 6.03 Å². The van der Waals surface area contributed by atoms with Gasteiger partial charge in [-0.05, 0) is 49.6 Å². The molecule has 1 aliphatic carbocycles. The van der Waals surface area contributed by atoms with Gasteiger partial charge in [0.2, 0.25) is 0 Å². The van der Waals surface area contributed by atoms with E-state index in [9.17, 15) is 4.79 Å². The van der Waals surface area contributed by atoms with E-state index in [0.717, 1.165) is 63.1 Å². The molecule has 0 bridgehead atoms. The molecule has 3 heterocycles. The molecule has 0 spiro atoms. The van der Waals surface area contributed by atoms with Crippen LogP contribution in [0.1, 0.15) is 39.9 Å². The average Bonchev–Trinajstić information content (AvgIpc) is 3.02. The van der Waals surface area contributed by atoms with Gasteiger partial charge in [-0.25, -0.2) is 9.78 Å². The number of aryl methyl sites for hydroxylation is 1. The van der Waals surface area contributed by atoms with Crippen LogP contribution in [0.2, 0.25) is 0 Å². The SMILES string of the molecule is Cc1cccc(NC(=O)N2CCC(c3nc4c(s3)CCN(C3=CC=C3)CC4)CC2)c1. The van der Waals surface area contributed by atoms with Crippen molar-refractivity contribution in [3.63, 3.8) is 0 Å². The summed E-state index contributed by atoms with van der Waals surface area (Å²) in [6.45, 7) is 5.77. The first kappa shape index (κ1) is 19.4. The molecule has 2 aromatic rings. The van der Waals surface area contributed by atoms with E-state index in [2.05, 4.69) is 28.4 Å². The number of nitrogens with zero attached hydrogens (tertiary/aromatic N) is 3. The fourth-order valence-corrected chi connectivity index (χ4v) is 5.73. The van der Waals surface area contributed by atoms with Gasteiger partial charge in [0.05, 0.1) is 10.7 Å². The van der Waals surface area contributed by atoms with Gasteiger partial charge in [-0.3, -0.25) is 0 Å². The zero-order valence-electron chi connectivity index (χ0n) is 17.4. The summed E-state index contributed by atoms with van der Waals surface area (Å²) in [5.41, 5.74) is 4.69. The lowest BCUT2D eigenvalue weighted by molar-refractivity contribution is 0.194. The van der Waals surface area contributed by atoms with Gasteiger partial charge in [-0.15, -0.1) is 11.3 Å². The Balaban J connectivity index is 1.16. The number of nitrogens with one attached hydrogen (secondary N) is 1. The van der Waals surface area contributed by atoms with Crippen LogP contribution in [-0.4, -0.2) is 47.0 Å². The highest BCUT2D eigenvalue weighted by molar-refractivity contribution is 7.11. The third-order valence-corrected chi connectivity index (χ3v) is 7.64. The summed E-state index contributed by atoms with van der Waals surface area (Å²) < 4.78 is 0. The molecule has 1 N–H and O–H groups in total. The normalized spacial score (nSPS) is 19.0. The van der Waals surface area contributed by atoms with Gasteiger partial charge < -0.3 is 15.1 Å². The lowest BCUT2D eigenvalue weighted by atomic mass is 9.98. The van der Waals surface area contributed by atoms with E-state index in [1.165, 1.54) is 21.3 Å². The van der Waals surface area contributed by atoms with E-state index in [1.54, 1.807) is 0 Å². The molecule has 156 valence electrons. The molecule has 5 nitrogen and oxygen atoms in total. The number of anilines is 1. The van der Waals surface area contributed by atoms with Crippen molar-refractivity contribution in [3.05, 3.63) is 69.3 Å². The predicted octanol–water partition coefficient (Wildman–Crippen LogP) is 4.72. The Hall–Kier alpha value is -2.60. The summed E-state index contributed by atoms with van der Waals surface area (Å²) in [6, 6.07) is 7.97. The van der Waals surface area contributed by atoms with Crippen LogP contribution in [0.5, 0.6) is 0 Å². The smallest absolute Gasteiger partial charge is 0.321 e. The zero-order chi connectivity index (χ0) is 20.5. The summed E-state index contributed by atoms with van der Waals surface area (Å²) in [6.07, 6.45) is 10.6. The number of thiazole rings is 1. The molecule has 1 saturated heterocycles. The number of amides is 2. The van der Waals surface area contributed by atoms with Crippen LogP contribution >= 0.6 is 11.3 Å². The number of allylic oxidation sites excluding steroid dienone is 3. The Morgan fingerprint density at radius 1 is 1.17 bits per heavy atom. The number of rotatable bonds is 3. The first-order chi connectivity index (χ1) is 14.7. The second-order valence-corrected chi connectivity index (χ2v) is 9.54. The van der Waals surface area contributed by atoms with Crippen LogP contribution in [0.15, 0.2) is 48.2 Å². The van der Waals surface area contributed by atoms with E-state index in [1.807, 2.05) is 47.4 Å². The van der Waals surface area contributed by atoms with Crippen molar-refractivity contribution >= 4 is 23.1 Å². The molecule has 2 amide bonds. The standard InChI is InChI=1S/C24H28N4OS/c1-17-4-2-5-19(16-17)25-24(29)28-12-8-18(9-13-28)23-26-21-10-14-27(20-6-3-7-20)15-11-22(21)30-23/h2-7,16,18H,8-15H2,1H3,(H,25,29). The number of piperidine rings is 1. The minimum atomic E-state index is 0.00779. The summed E-state index contributed by atoms with van der Waals surface area (Å²) in [5.74, 6) is 0.485. The highest BCUT2D eigenvalue weighted by Gasteiger charge is 2.28. The van der Waals surface area contributed by atoms with Gasteiger partial charge in [0.1, 0.15) is 0 Å². The van der Waals surface area contributed by atoms with Gasteiger partial charge in [0.25, 0.3) is 0 Å². The molecule has 30 heavy (non-hydrogen) atoms. The summed E-state index contributed by atoms with van der Waals surface area (Å²) in [5, 5.41) is 4.32. The molecular formula is C24H28N4OS. The van der Waals surface area contributed by atoms with E-state index in [0.29, 0.717) is 5.92 Å². The van der Waals surface area contributed by atoms with Crippen LogP contribution < -0.4 is 5.32 Å². The molecule has 0 unspecified atom stereocenters. The van der Waals surface area contributed by atoms with Gasteiger partial charge in [-0.1, -0.05) is 18.2 Å². The molecule has 6 heteroatoms. The lowest BCUT2D eigenvalue weighted by Crippen LogP contribution is -2.40. The van der Waals surface area contributed by atoms with Gasteiger partial charge in [0.15, 0.2) is 0 Å². The van der Waals surface area contributed by atoms with Crippen molar-refractivity contribution < 1.29 is 4.79 Å². The third kappa shape index (κ3) is 4.01. The number of urea groups is 1. The molecular weight excluding hydrogens is 392 g/mol. The fraction of sp³-hybridized carbons (Fsp3) is 0.417. The maximum atomic E-state index is 12.6. The average molecular weight is 421 g/mol. The number of hydrogen-bond donors (Lipinski definition) is 1. The number of benzene rings is 1. The number of carbonyl (C=O) groups is 1. The van der Waals surface area contributed by atoms with Crippen LogP contribution in [0.3, 0.4) is 0 Å². The minimum Gasteiger partial charge on any atom is -0.371 e. The molecule has 0 radical (unpaired) electrons. The number of fused-ring (bicyclic) bond motifs is 1. The minimum absolute atomic E-state index is 0.00779. The van der Waals surface area contributed by atoms with E-state index in [4.69, 9.17) is 4.98 Å². The molecule has 2 aliphatic heterocycles. The Morgan fingerprint density at radius 2 is 1.97 bits per heavy atom. The van der Waals surface area contributed by atoms with Crippen molar-refractivity contribution in [2.45, 2.75) is 38.5 Å². The second-order valence-electron chi connectivity index (χ2n) is 8.42. The van der Waals surface area contributed by atoms with Gasteiger partial charge >= 0.3 is 6.03 Å². The molecule has 3 aliphatic rings. The topological polar surface area (TPSA) is 48.5 Å². The molecule has 1 aromatic heterocycles. The third-order valence-electron chi connectivity index (χ3n) is 6.32. The lowest BCUT2D eigenvalue weighted by Gasteiger charge is -2.31. The van der Waals surface area contributed by atoms with Crippen molar-refractivity contribution in [2.24, 2.45) is 0 Å². The number of likely N-dealkylation sites (tertiary alicyclic amines) is 1. The second kappa shape index (κ2) is 8.26. The summed E-state index contributed by atoms with van der Waals surface area (Å²) in [7, 11) is 0. The fourth-order valence-electron chi connectivity index (χ4n) is 4.46. The Morgan fingerprint density at radius 3 is 2.70 bits per heavy atom. The monoisotopic (exact) mass is 420 g/mol. The largest absolute Gasteiger partial charge is 0.371 e. The molecule has 0 saturated carbocycles. The maximum Gasteiger partial charge on any atom is 0.321 e. The number of carbonyl (C=O) groups excluding carboxylic acids is 1. The van der Waals surface area contributed by atoms with Crippen LogP contribution in [0, 0.1) is 6.92 Å². The summed E-state index contributed by atoms with van der Waals surface area (Å²) >= 11 is 1.91. The maximum absolute atomic E-state index is 12.6. The molecule has 1 fully saturated rings. The van der Waals surface area contributed by atoms with Crippen molar-refractivity contribution in [1.29, 1.82) is 0 Å². The Labute approximate surface area is 182 Å². The molecule has 1 aromatic carbocycles. The first-order valence-electron chi connectivity index (χ1n) is 10.9. The highest BCUT2D eigenvalue weighted by Crippen LogP contribution is 2.34. The van der Waals surface area contributed by atoms with Gasteiger partial charge in [-0.2, -0.15) is 0 Å². The summed E-state index contributed by atoms with van der Waals surface area (Å²) in [4.78, 5) is 23.6. The van der Waals surface area contributed by atoms with Crippen LogP contribution in [0.4, 0.5) is 10.5 Å². The number of aromatic nitrogens is 1. The highest BCUT2D eigenvalue weighted by atomic mass is 32.1. The van der Waals surface area contributed by atoms with Gasteiger partial charge in [0, 0.05) is 61.2 Å². The predicted molar refractivity (Wildman–Crippen MR) is 122 cm³/mol. The molecule has 0 atom stereocenters. The Bertz CT molecular complexity index is 975. The Kier molecular flexibility index (Phi) is 5.34. The van der Waals surface area contributed by atoms with Crippen LogP contribution in [-0.2, 0) is 12.8 Å². The van der Waals surface area contributed by atoms with Crippen LogP contribution in [0.25, 0.3) is 0 Å². The number of hydrogen-bond acceptors (Lipinski definition) is 4.